The monoisotopic (exact) mass is 355 g/mol. The van der Waals surface area contributed by atoms with Gasteiger partial charge in [-0.3, -0.25) is 0 Å². The largest absolute Gasteiger partial charge is 0.573 e. The van der Waals surface area contributed by atoms with Crippen LogP contribution in [0, 0.1) is 0 Å². The maximum atomic E-state index is 12.4. The second-order valence-corrected chi connectivity index (χ2v) is 6.31. The van der Waals surface area contributed by atoms with Crippen LogP contribution in [-0.4, -0.2) is 23.9 Å². The fourth-order valence-electron chi connectivity index (χ4n) is 1.90. The SMILES string of the molecule is FC(F)(F)Oc1cc(Br)ccc1NC1CCCSC1. The van der Waals surface area contributed by atoms with Gasteiger partial charge >= 0.3 is 6.36 Å². The van der Waals surface area contributed by atoms with Crippen LogP contribution in [0.4, 0.5) is 18.9 Å². The molecule has 1 aromatic carbocycles. The van der Waals surface area contributed by atoms with Crippen LogP contribution >= 0.6 is 27.7 Å². The number of thioether (sulfide) groups is 1. The summed E-state index contributed by atoms with van der Waals surface area (Å²) in [6.07, 6.45) is -2.64. The smallest absolute Gasteiger partial charge is 0.404 e. The molecule has 1 N–H and O–H groups in total. The number of ether oxygens (including phenoxy) is 1. The van der Waals surface area contributed by atoms with Gasteiger partial charge in [0.05, 0.1) is 5.69 Å². The molecule has 0 radical (unpaired) electrons. The van der Waals surface area contributed by atoms with Crippen molar-refractivity contribution in [1.29, 1.82) is 0 Å². The van der Waals surface area contributed by atoms with E-state index in [1.54, 1.807) is 12.1 Å². The number of benzene rings is 1. The van der Waals surface area contributed by atoms with E-state index in [1.807, 2.05) is 11.8 Å². The first kappa shape index (κ1) is 14.8. The Morgan fingerprint density at radius 1 is 1.37 bits per heavy atom. The molecule has 2 nitrogen and oxygen atoms in total. The van der Waals surface area contributed by atoms with Gasteiger partial charge in [-0.05, 0) is 36.8 Å². The summed E-state index contributed by atoms with van der Waals surface area (Å²) in [5.74, 6) is 1.82. The minimum atomic E-state index is -4.68. The molecular weight excluding hydrogens is 343 g/mol. The Labute approximate surface area is 122 Å². The molecule has 1 aliphatic heterocycles. The lowest BCUT2D eigenvalue weighted by Crippen LogP contribution is -2.26. The zero-order chi connectivity index (χ0) is 13.9. The van der Waals surface area contributed by atoms with Gasteiger partial charge < -0.3 is 10.1 Å². The highest BCUT2D eigenvalue weighted by atomic mass is 79.9. The Hall–Kier alpha value is -0.560. The number of alkyl halides is 3. The van der Waals surface area contributed by atoms with Crippen molar-refractivity contribution in [3.63, 3.8) is 0 Å². The van der Waals surface area contributed by atoms with Gasteiger partial charge in [0.25, 0.3) is 0 Å². The summed E-state index contributed by atoms with van der Waals surface area (Å²) in [5, 5.41) is 3.13. The predicted molar refractivity (Wildman–Crippen MR) is 74.8 cm³/mol. The van der Waals surface area contributed by atoms with E-state index in [2.05, 4.69) is 26.0 Å². The molecular formula is C12H13BrF3NOS. The van der Waals surface area contributed by atoms with E-state index >= 15 is 0 Å². The van der Waals surface area contributed by atoms with E-state index in [9.17, 15) is 13.2 Å². The van der Waals surface area contributed by atoms with Gasteiger partial charge in [-0.1, -0.05) is 15.9 Å². The molecule has 7 heteroatoms. The molecule has 0 spiro atoms. The van der Waals surface area contributed by atoms with Gasteiger partial charge in [0.1, 0.15) is 0 Å². The molecule has 19 heavy (non-hydrogen) atoms. The van der Waals surface area contributed by atoms with Crippen molar-refractivity contribution in [2.24, 2.45) is 0 Å². The minimum absolute atomic E-state index is 0.190. The summed E-state index contributed by atoms with van der Waals surface area (Å²) in [5.41, 5.74) is 0.382. The highest BCUT2D eigenvalue weighted by Crippen LogP contribution is 2.34. The standard InChI is InChI=1S/C12H13BrF3NOS/c13-8-3-4-10(11(6-8)18-12(14,15)16)17-9-2-1-5-19-7-9/h3-4,6,9,17H,1-2,5,7H2. The Kier molecular flexibility index (Phi) is 4.89. The zero-order valence-electron chi connectivity index (χ0n) is 9.97. The van der Waals surface area contributed by atoms with E-state index in [1.165, 1.54) is 6.07 Å². The Balaban J connectivity index is 2.13. The third kappa shape index (κ3) is 4.80. The lowest BCUT2D eigenvalue weighted by atomic mass is 10.1. The molecule has 0 aromatic heterocycles. The average Bonchev–Trinajstić information content (AvgIpc) is 2.32. The van der Waals surface area contributed by atoms with Gasteiger partial charge in [-0.2, -0.15) is 11.8 Å². The first-order valence-corrected chi connectivity index (χ1v) is 7.78. The van der Waals surface area contributed by atoms with Crippen molar-refractivity contribution in [2.45, 2.75) is 25.2 Å². The van der Waals surface area contributed by atoms with Gasteiger partial charge in [0.15, 0.2) is 5.75 Å². The van der Waals surface area contributed by atoms with E-state index in [0.29, 0.717) is 10.2 Å². The van der Waals surface area contributed by atoms with Crippen LogP contribution in [0.15, 0.2) is 22.7 Å². The van der Waals surface area contributed by atoms with Gasteiger partial charge in [0, 0.05) is 16.3 Å². The molecule has 1 saturated heterocycles. The average molecular weight is 356 g/mol. The maximum Gasteiger partial charge on any atom is 0.573 e. The first-order valence-electron chi connectivity index (χ1n) is 5.83. The molecule has 106 valence electrons. The summed E-state index contributed by atoms with van der Waals surface area (Å²) in [4.78, 5) is 0. The number of hydrogen-bond acceptors (Lipinski definition) is 3. The van der Waals surface area contributed by atoms with Crippen LogP contribution in [0.5, 0.6) is 5.75 Å². The molecule has 0 saturated carbocycles. The topological polar surface area (TPSA) is 21.3 Å². The van der Waals surface area contributed by atoms with Gasteiger partial charge in [0.2, 0.25) is 0 Å². The van der Waals surface area contributed by atoms with Crippen molar-refractivity contribution in [3.8, 4) is 5.75 Å². The zero-order valence-corrected chi connectivity index (χ0v) is 12.4. The van der Waals surface area contributed by atoms with Crippen LogP contribution in [0.1, 0.15) is 12.8 Å². The van der Waals surface area contributed by atoms with Crippen molar-refractivity contribution < 1.29 is 17.9 Å². The molecule has 1 atom stereocenters. The van der Waals surface area contributed by atoms with E-state index < -0.39 is 6.36 Å². The third-order valence-corrected chi connectivity index (χ3v) is 4.40. The predicted octanol–water partition coefficient (Wildman–Crippen LogP) is 4.66. The molecule has 1 aromatic rings. The molecule has 1 heterocycles. The van der Waals surface area contributed by atoms with Crippen molar-refractivity contribution in [1.82, 2.24) is 0 Å². The molecule has 1 unspecified atom stereocenters. The number of halogens is 4. The minimum Gasteiger partial charge on any atom is -0.404 e. The highest BCUT2D eigenvalue weighted by Gasteiger charge is 2.32. The van der Waals surface area contributed by atoms with Crippen molar-refractivity contribution in [3.05, 3.63) is 22.7 Å². The van der Waals surface area contributed by atoms with Crippen LogP contribution in [0.2, 0.25) is 0 Å². The van der Waals surface area contributed by atoms with Crippen molar-refractivity contribution in [2.75, 3.05) is 16.8 Å². The Morgan fingerprint density at radius 2 is 2.16 bits per heavy atom. The van der Waals surface area contributed by atoms with Gasteiger partial charge in [-0.15, -0.1) is 13.2 Å². The second kappa shape index (κ2) is 6.26. The Morgan fingerprint density at radius 3 is 2.79 bits per heavy atom. The molecule has 1 fully saturated rings. The quantitative estimate of drug-likeness (QED) is 0.852. The summed E-state index contributed by atoms with van der Waals surface area (Å²) in [7, 11) is 0. The lowest BCUT2D eigenvalue weighted by Gasteiger charge is -2.25. The maximum absolute atomic E-state index is 12.4. The summed E-state index contributed by atoms with van der Waals surface area (Å²) < 4.78 is 41.7. The van der Waals surface area contributed by atoms with Crippen molar-refractivity contribution >= 4 is 33.4 Å². The highest BCUT2D eigenvalue weighted by molar-refractivity contribution is 9.10. The summed E-state index contributed by atoms with van der Waals surface area (Å²) >= 11 is 4.96. The Bertz CT molecular complexity index is 435. The van der Waals surface area contributed by atoms with Crippen LogP contribution in [0.25, 0.3) is 0 Å². The van der Waals surface area contributed by atoms with Crippen LogP contribution in [-0.2, 0) is 0 Å². The fraction of sp³-hybridized carbons (Fsp3) is 0.500. The van der Waals surface area contributed by atoms with E-state index in [0.717, 1.165) is 24.3 Å². The summed E-state index contributed by atoms with van der Waals surface area (Å²) in [6, 6.07) is 4.81. The molecule has 1 aliphatic rings. The fourth-order valence-corrected chi connectivity index (χ4v) is 3.31. The number of anilines is 1. The second-order valence-electron chi connectivity index (χ2n) is 4.25. The number of hydrogen-bond donors (Lipinski definition) is 1. The number of nitrogens with one attached hydrogen (secondary N) is 1. The molecule has 0 aliphatic carbocycles. The van der Waals surface area contributed by atoms with Crippen LogP contribution < -0.4 is 10.1 Å². The number of rotatable bonds is 3. The lowest BCUT2D eigenvalue weighted by molar-refractivity contribution is -0.274. The molecule has 0 amide bonds. The van der Waals surface area contributed by atoms with E-state index in [4.69, 9.17) is 0 Å². The third-order valence-electron chi connectivity index (χ3n) is 2.69. The van der Waals surface area contributed by atoms with E-state index in [-0.39, 0.29) is 11.8 Å². The van der Waals surface area contributed by atoms with Gasteiger partial charge in [-0.25, -0.2) is 0 Å². The normalized spacial score (nSPS) is 20.1. The first-order chi connectivity index (χ1) is 8.94. The molecule has 0 bridgehead atoms. The summed E-state index contributed by atoms with van der Waals surface area (Å²) in [6.45, 7) is 0. The van der Waals surface area contributed by atoms with Crippen LogP contribution in [0.3, 0.4) is 0 Å². The molecule has 2 rings (SSSR count).